The van der Waals surface area contributed by atoms with Gasteiger partial charge in [0, 0.05) is 43.8 Å². The molecule has 3 rings (SSSR count). The van der Waals surface area contributed by atoms with Gasteiger partial charge in [-0.05, 0) is 23.8 Å². The van der Waals surface area contributed by atoms with E-state index in [1.54, 1.807) is 6.07 Å². The molecule has 0 aliphatic rings. The average Bonchev–Trinajstić information content (AvgIpc) is 2.73. The number of aromatic amines is 1. The van der Waals surface area contributed by atoms with E-state index in [0.29, 0.717) is 23.5 Å². The number of H-pyrrole nitrogens is 1. The number of anilines is 1. The van der Waals surface area contributed by atoms with Crippen LogP contribution >= 0.6 is 0 Å². The molecule has 1 aromatic heterocycles. The summed E-state index contributed by atoms with van der Waals surface area (Å²) < 4.78 is 0. The lowest BCUT2D eigenvalue weighted by Crippen LogP contribution is -2.31. The van der Waals surface area contributed by atoms with Crippen molar-refractivity contribution in [3.8, 4) is 0 Å². The third-order valence-corrected chi connectivity index (χ3v) is 4.91. The van der Waals surface area contributed by atoms with Crippen molar-refractivity contribution in [1.29, 1.82) is 0 Å². The van der Waals surface area contributed by atoms with E-state index < -0.39 is 0 Å². The first-order chi connectivity index (χ1) is 14.3. The van der Waals surface area contributed by atoms with Crippen molar-refractivity contribution in [2.24, 2.45) is 0 Å². The number of nitrogens with one attached hydrogen (secondary N) is 2. The number of aromatic nitrogens is 2. The topological polar surface area (TPSA) is 78.1 Å². The quantitative estimate of drug-likeness (QED) is 0.630. The molecule has 156 valence electrons. The minimum Gasteiger partial charge on any atom is -0.378 e. The van der Waals surface area contributed by atoms with Crippen LogP contribution in [0.25, 0.3) is 0 Å². The van der Waals surface area contributed by atoms with Crippen LogP contribution in [0.2, 0.25) is 0 Å². The molecule has 0 saturated carbocycles. The average molecular weight is 405 g/mol. The summed E-state index contributed by atoms with van der Waals surface area (Å²) in [4.78, 5) is 34.5. The van der Waals surface area contributed by atoms with Gasteiger partial charge < -0.3 is 15.2 Å². The molecule has 0 spiro atoms. The second kappa shape index (κ2) is 9.39. The van der Waals surface area contributed by atoms with E-state index in [4.69, 9.17) is 0 Å². The third kappa shape index (κ3) is 5.35. The van der Waals surface area contributed by atoms with Gasteiger partial charge in [0.25, 0.3) is 11.5 Å². The fourth-order valence-corrected chi connectivity index (χ4v) is 3.22. The molecule has 0 aliphatic heterocycles. The van der Waals surface area contributed by atoms with Gasteiger partial charge in [0.15, 0.2) is 0 Å². The Hall–Kier alpha value is -3.41. The normalized spacial score (nSPS) is 11.9. The maximum absolute atomic E-state index is 13.0. The molecule has 2 N–H and O–H groups in total. The Balaban J connectivity index is 1.90. The molecule has 1 unspecified atom stereocenters. The minimum atomic E-state index is -0.309. The molecule has 30 heavy (non-hydrogen) atoms. The summed E-state index contributed by atoms with van der Waals surface area (Å²) in [6.07, 6.45) is 0.423. The Bertz CT molecular complexity index is 1060. The van der Waals surface area contributed by atoms with Crippen LogP contribution in [0.4, 0.5) is 5.69 Å². The molecule has 0 bridgehead atoms. The van der Waals surface area contributed by atoms with Crippen LogP contribution in [-0.2, 0) is 6.42 Å². The first-order valence-corrected chi connectivity index (χ1v) is 10.1. The number of carbonyl (C=O) groups excluding carboxylic acids is 1. The Morgan fingerprint density at radius 3 is 2.47 bits per heavy atom. The van der Waals surface area contributed by atoms with Crippen LogP contribution in [0.5, 0.6) is 0 Å². The molecule has 0 aliphatic carbocycles. The molecule has 2 aromatic carbocycles. The molecule has 1 amide bonds. The SMILES string of the molecule is CC(C)c1nc(CC(NC(=O)c2cccc(N(C)C)c2)c2ccccc2)cc(=O)[nH]1. The Labute approximate surface area is 177 Å². The summed E-state index contributed by atoms with van der Waals surface area (Å²) in [5.41, 5.74) is 2.97. The lowest BCUT2D eigenvalue weighted by Gasteiger charge is -2.20. The second-order valence-electron chi connectivity index (χ2n) is 7.86. The summed E-state index contributed by atoms with van der Waals surface area (Å²) in [7, 11) is 3.88. The van der Waals surface area contributed by atoms with Crippen molar-refractivity contribution < 1.29 is 4.79 Å². The van der Waals surface area contributed by atoms with E-state index in [-0.39, 0.29) is 23.4 Å². The highest BCUT2D eigenvalue weighted by atomic mass is 16.1. The van der Waals surface area contributed by atoms with Crippen LogP contribution in [0.15, 0.2) is 65.5 Å². The molecule has 1 heterocycles. The van der Waals surface area contributed by atoms with Crippen molar-refractivity contribution in [2.45, 2.75) is 32.2 Å². The zero-order chi connectivity index (χ0) is 21.7. The highest BCUT2D eigenvalue weighted by molar-refractivity contribution is 5.95. The van der Waals surface area contributed by atoms with Crippen molar-refractivity contribution in [1.82, 2.24) is 15.3 Å². The van der Waals surface area contributed by atoms with Gasteiger partial charge in [-0.15, -0.1) is 0 Å². The van der Waals surface area contributed by atoms with Crippen molar-refractivity contribution in [2.75, 3.05) is 19.0 Å². The predicted molar refractivity (Wildman–Crippen MR) is 120 cm³/mol. The van der Waals surface area contributed by atoms with Gasteiger partial charge in [0.1, 0.15) is 5.82 Å². The number of carbonyl (C=O) groups is 1. The molecular weight excluding hydrogens is 376 g/mol. The van der Waals surface area contributed by atoms with Crippen LogP contribution < -0.4 is 15.8 Å². The van der Waals surface area contributed by atoms with Gasteiger partial charge in [0.2, 0.25) is 0 Å². The number of nitrogens with zero attached hydrogens (tertiary/aromatic N) is 2. The minimum absolute atomic E-state index is 0.108. The number of hydrogen-bond donors (Lipinski definition) is 2. The van der Waals surface area contributed by atoms with E-state index in [2.05, 4.69) is 15.3 Å². The monoisotopic (exact) mass is 404 g/mol. The van der Waals surface area contributed by atoms with E-state index >= 15 is 0 Å². The van der Waals surface area contributed by atoms with Crippen molar-refractivity contribution >= 4 is 11.6 Å². The van der Waals surface area contributed by atoms with Gasteiger partial charge in [-0.2, -0.15) is 0 Å². The molecule has 6 heteroatoms. The van der Waals surface area contributed by atoms with Crippen LogP contribution in [0, 0.1) is 0 Å². The largest absolute Gasteiger partial charge is 0.378 e. The van der Waals surface area contributed by atoms with Crippen LogP contribution in [-0.4, -0.2) is 30.0 Å². The number of hydrogen-bond acceptors (Lipinski definition) is 4. The number of rotatable bonds is 7. The van der Waals surface area contributed by atoms with E-state index in [1.807, 2.05) is 81.4 Å². The second-order valence-corrected chi connectivity index (χ2v) is 7.86. The fraction of sp³-hybridized carbons (Fsp3) is 0.292. The summed E-state index contributed by atoms with van der Waals surface area (Å²) in [5.74, 6) is 0.590. The van der Waals surface area contributed by atoms with E-state index in [1.165, 1.54) is 6.07 Å². The summed E-state index contributed by atoms with van der Waals surface area (Å²) in [5, 5.41) is 3.12. The highest BCUT2D eigenvalue weighted by Gasteiger charge is 2.18. The van der Waals surface area contributed by atoms with E-state index in [0.717, 1.165) is 11.3 Å². The van der Waals surface area contributed by atoms with Gasteiger partial charge in [0.05, 0.1) is 11.7 Å². The lowest BCUT2D eigenvalue weighted by atomic mass is 10.0. The smallest absolute Gasteiger partial charge is 0.251 e. The molecule has 0 radical (unpaired) electrons. The molecule has 1 atom stereocenters. The Kier molecular flexibility index (Phi) is 6.67. The van der Waals surface area contributed by atoms with E-state index in [9.17, 15) is 9.59 Å². The van der Waals surface area contributed by atoms with Gasteiger partial charge >= 0.3 is 0 Å². The highest BCUT2D eigenvalue weighted by Crippen LogP contribution is 2.20. The van der Waals surface area contributed by atoms with Crippen molar-refractivity contribution in [3.05, 3.63) is 93.7 Å². The van der Waals surface area contributed by atoms with Crippen molar-refractivity contribution in [3.63, 3.8) is 0 Å². The molecular formula is C24H28N4O2. The molecule has 0 saturated heterocycles. The first kappa shape index (κ1) is 21.3. The molecule has 0 fully saturated rings. The first-order valence-electron chi connectivity index (χ1n) is 10.1. The van der Waals surface area contributed by atoms with Gasteiger partial charge in [-0.1, -0.05) is 50.2 Å². The summed E-state index contributed by atoms with van der Waals surface area (Å²) >= 11 is 0. The Morgan fingerprint density at radius 2 is 1.80 bits per heavy atom. The number of amides is 1. The molecule has 3 aromatic rings. The summed E-state index contributed by atoms with van der Waals surface area (Å²) in [6.45, 7) is 3.96. The number of benzene rings is 2. The Morgan fingerprint density at radius 1 is 1.07 bits per heavy atom. The zero-order valence-electron chi connectivity index (χ0n) is 17.8. The van der Waals surface area contributed by atoms with Crippen LogP contribution in [0.3, 0.4) is 0 Å². The lowest BCUT2D eigenvalue weighted by molar-refractivity contribution is 0.0936. The predicted octanol–water partition coefficient (Wildman–Crippen LogP) is 3.67. The van der Waals surface area contributed by atoms with Crippen LogP contribution in [0.1, 0.15) is 53.2 Å². The standard InChI is InChI=1S/C24H28N4O2/c1-16(2)23-25-19(15-22(29)27-23)14-21(17-9-6-5-7-10-17)26-24(30)18-11-8-12-20(13-18)28(3)4/h5-13,15-16,21H,14H2,1-4H3,(H,26,30)(H,25,27,29). The summed E-state index contributed by atoms with van der Waals surface area (Å²) in [6, 6.07) is 18.4. The molecule has 6 nitrogen and oxygen atoms in total. The maximum Gasteiger partial charge on any atom is 0.251 e. The van der Waals surface area contributed by atoms with Gasteiger partial charge in [-0.3, -0.25) is 9.59 Å². The van der Waals surface area contributed by atoms with Gasteiger partial charge in [-0.25, -0.2) is 4.98 Å². The zero-order valence-corrected chi connectivity index (χ0v) is 17.8. The fourth-order valence-electron chi connectivity index (χ4n) is 3.22. The third-order valence-electron chi connectivity index (χ3n) is 4.91. The maximum atomic E-state index is 13.0.